The van der Waals surface area contributed by atoms with Crippen molar-refractivity contribution in [2.24, 2.45) is 0 Å². The molecule has 5 nitrogen and oxygen atoms in total. The molecule has 1 aromatic rings. The summed E-state index contributed by atoms with van der Waals surface area (Å²) in [5, 5.41) is 2.56. The highest BCUT2D eigenvalue weighted by Gasteiger charge is 2.13. The second-order valence-electron chi connectivity index (χ2n) is 3.90. The number of nitrogens with one attached hydrogen (secondary N) is 1. The van der Waals surface area contributed by atoms with Crippen LogP contribution in [0.1, 0.15) is 10.4 Å². The molecule has 0 bridgehead atoms. The zero-order valence-corrected chi connectivity index (χ0v) is 12.0. The number of nitrogens with zero attached hydrogens (tertiary/aromatic N) is 1. The molecule has 100 valence electrons. The van der Waals surface area contributed by atoms with Crippen molar-refractivity contribution in [1.29, 1.82) is 0 Å². The van der Waals surface area contributed by atoms with Crippen LogP contribution in [0.5, 0.6) is 0 Å². The minimum absolute atomic E-state index is 0.0853. The normalized spacial score (nSPS) is 11.6. The third-order valence-electron chi connectivity index (χ3n) is 2.33. The summed E-state index contributed by atoms with van der Waals surface area (Å²) in [6.45, 7) is 0.0853. The van der Waals surface area contributed by atoms with Crippen molar-refractivity contribution < 1.29 is 13.2 Å². The fraction of sp³-hybridized carbons (Fsp3) is 0.364. The molecule has 0 heterocycles. The Balaban J connectivity index is 2.50. The summed E-state index contributed by atoms with van der Waals surface area (Å²) in [5.41, 5.74) is 0.482. The Labute approximate surface area is 113 Å². The summed E-state index contributed by atoms with van der Waals surface area (Å²) in [4.78, 5) is 12.4. The van der Waals surface area contributed by atoms with Crippen molar-refractivity contribution in [3.63, 3.8) is 0 Å². The van der Waals surface area contributed by atoms with E-state index in [0.29, 0.717) is 5.56 Å². The Morgan fingerprint density at radius 3 is 2.33 bits per heavy atom. The van der Waals surface area contributed by atoms with Gasteiger partial charge in [0.1, 0.15) is 0 Å². The molecule has 1 N–H and O–H groups in total. The van der Waals surface area contributed by atoms with E-state index < -0.39 is 10.0 Å². The molecule has 0 radical (unpaired) electrons. The van der Waals surface area contributed by atoms with Gasteiger partial charge in [-0.2, -0.15) is 0 Å². The van der Waals surface area contributed by atoms with E-state index in [2.05, 4.69) is 17.9 Å². The first-order valence-corrected chi connectivity index (χ1v) is 7.36. The number of carbonyl (C=O) groups is 1. The highest BCUT2D eigenvalue weighted by molar-refractivity contribution is 7.89. The van der Waals surface area contributed by atoms with E-state index in [1.807, 2.05) is 0 Å². The molecule has 0 saturated carbocycles. The number of thiol groups is 1. The molecular weight excluding hydrogens is 272 g/mol. The van der Waals surface area contributed by atoms with Crippen molar-refractivity contribution >= 4 is 28.6 Å². The summed E-state index contributed by atoms with van der Waals surface area (Å²) < 4.78 is 24.0. The first kappa shape index (κ1) is 15.0. The molecule has 1 amide bonds. The molecule has 7 heteroatoms. The Morgan fingerprint density at radius 2 is 1.83 bits per heavy atom. The van der Waals surface area contributed by atoms with Crippen LogP contribution in [0, 0.1) is 0 Å². The molecule has 0 fully saturated rings. The van der Waals surface area contributed by atoms with Gasteiger partial charge in [0.2, 0.25) is 10.0 Å². The number of amides is 1. The topological polar surface area (TPSA) is 66.5 Å². The maximum absolute atomic E-state index is 11.7. The number of hydrogen-bond donors (Lipinski definition) is 2. The van der Waals surface area contributed by atoms with E-state index in [0.717, 1.165) is 9.20 Å². The zero-order valence-electron chi connectivity index (χ0n) is 10.3. The molecule has 0 aliphatic heterocycles. The summed E-state index contributed by atoms with van der Waals surface area (Å²) in [6.07, 6.45) is 0. The maximum Gasteiger partial charge on any atom is 0.251 e. The average molecular weight is 288 g/mol. The number of sulfonamides is 1. The third kappa shape index (κ3) is 4.32. The second kappa shape index (κ2) is 6.21. The highest BCUT2D eigenvalue weighted by atomic mass is 32.2. The van der Waals surface area contributed by atoms with Crippen LogP contribution in [-0.4, -0.2) is 45.0 Å². The summed E-state index contributed by atoms with van der Waals surface area (Å²) in [5.74, 6) is -0.409. The number of rotatable bonds is 5. The lowest BCUT2D eigenvalue weighted by Crippen LogP contribution is -2.33. The molecule has 0 atom stereocenters. The fourth-order valence-corrected chi connectivity index (χ4v) is 2.07. The average Bonchev–Trinajstić information content (AvgIpc) is 2.29. The third-order valence-corrected chi connectivity index (χ3v) is 4.46. The Bertz CT molecular complexity index is 510. The van der Waals surface area contributed by atoms with Crippen LogP contribution in [-0.2, 0) is 10.0 Å². The van der Waals surface area contributed by atoms with Gasteiger partial charge in [0, 0.05) is 31.1 Å². The number of benzene rings is 1. The van der Waals surface area contributed by atoms with E-state index in [1.54, 1.807) is 24.3 Å². The molecular formula is C11H16N2O3S2. The molecule has 0 spiro atoms. The molecule has 0 aliphatic rings. The van der Waals surface area contributed by atoms with Gasteiger partial charge in [-0.1, -0.05) is 0 Å². The van der Waals surface area contributed by atoms with Gasteiger partial charge >= 0.3 is 0 Å². The zero-order chi connectivity index (χ0) is 13.8. The lowest BCUT2D eigenvalue weighted by molar-refractivity contribution is 0.0956. The van der Waals surface area contributed by atoms with Gasteiger partial charge in [-0.25, -0.2) is 12.7 Å². The molecule has 0 saturated heterocycles. The van der Waals surface area contributed by atoms with Crippen LogP contribution in [0.15, 0.2) is 29.2 Å². The van der Waals surface area contributed by atoms with Crippen LogP contribution in [0.3, 0.4) is 0 Å². The largest absolute Gasteiger partial charge is 0.351 e. The first-order valence-electron chi connectivity index (χ1n) is 5.30. The van der Waals surface area contributed by atoms with Gasteiger partial charge in [0.05, 0.1) is 5.75 Å². The minimum atomic E-state index is -3.28. The van der Waals surface area contributed by atoms with Crippen molar-refractivity contribution in [1.82, 2.24) is 9.62 Å². The van der Waals surface area contributed by atoms with Gasteiger partial charge in [0.15, 0.2) is 0 Å². The maximum atomic E-state index is 11.7. The van der Waals surface area contributed by atoms with Gasteiger partial charge in [-0.3, -0.25) is 4.79 Å². The van der Waals surface area contributed by atoms with E-state index in [9.17, 15) is 13.2 Å². The smallest absolute Gasteiger partial charge is 0.251 e. The van der Waals surface area contributed by atoms with Crippen molar-refractivity contribution in [3.05, 3.63) is 29.8 Å². The van der Waals surface area contributed by atoms with Crippen molar-refractivity contribution in [2.75, 3.05) is 26.4 Å². The Kier molecular flexibility index (Phi) is 5.18. The van der Waals surface area contributed by atoms with Crippen molar-refractivity contribution in [2.45, 2.75) is 4.90 Å². The lowest BCUT2D eigenvalue weighted by atomic mass is 10.2. The highest BCUT2D eigenvalue weighted by Crippen LogP contribution is 2.07. The van der Waals surface area contributed by atoms with E-state index >= 15 is 0 Å². The number of hydrogen-bond acceptors (Lipinski definition) is 4. The fourth-order valence-electron chi connectivity index (χ4n) is 1.19. The summed E-state index contributed by atoms with van der Waals surface area (Å²) in [7, 11) is -0.355. The Hall–Kier alpha value is -1.05. The predicted octanol–water partition coefficient (Wildman–Crippen LogP) is 0.596. The van der Waals surface area contributed by atoms with Crippen LogP contribution in [0.2, 0.25) is 0 Å². The molecule has 0 aromatic heterocycles. The van der Waals surface area contributed by atoms with Crippen LogP contribution in [0.4, 0.5) is 0 Å². The monoisotopic (exact) mass is 288 g/mol. The van der Waals surface area contributed by atoms with E-state index in [4.69, 9.17) is 0 Å². The molecule has 0 aliphatic carbocycles. The molecule has 1 rings (SSSR count). The van der Waals surface area contributed by atoms with Crippen LogP contribution < -0.4 is 5.32 Å². The van der Waals surface area contributed by atoms with Gasteiger partial charge in [0.25, 0.3) is 5.91 Å². The van der Waals surface area contributed by atoms with Gasteiger partial charge in [-0.15, -0.1) is 12.6 Å². The van der Waals surface area contributed by atoms with Crippen LogP contribution in [0.25, 0.3) is 0 Å². The lowest BCUT2D eigenvalue weighted by Gasteiger charge is -2.11. The van der Waals surface area contributed by atoms with Crippen LogP contribution >= 0.6 is 12.6 Å². The van der Waals surface area contributed by atoms with E-state index in [-0.39, 0.29) is 18.2 Å². The minimum Gasteiger partial charge on any atom is -0.351 e. The van der Waals surface area contributed by atoms with E-state index in [1.165, 1.54) is 14.1 Å². The second-order valence-corrected chi connectivity index (χ2v) is 6.72. The summed E-state index contributed by atoms with van der Waals surface area (Å²) in [6, 6.07) is 6.68. The number of carbonyl (C=O) groups excluding carboxylic acids is 1. The molecule has 1 aromatic carbocycles. The van der Waals surface area contributed by atoms with Gasteiger partial charge < -0.3 is 5.32 Å². The predicted molar refractivity (Wildman–Crippen MR) is 73.5 cm³/mol. The molecule has 18 heavy (non-hydrogen) atoms. The van der Waals surface area contributed by atoms with Crippen molar-refractivity contribution in [3.8, 4) is 0 Å². The van der Waals surface area contributed by atoms with Gasteiger partial charge in [-0.05, 0) is 24.3 Å². The first-order chi connectivity index (χ1) is 8.33. The quantitative estimate of drug-likeness (QED) is 0.780. The standard InChI is InChI=1S/C11H16N2O3S2/c1-13(2)18(15,16)8-7-12-11(14)9-3-5-10(17)6-4-9/h3-6,17H,7-8H2,1-2H3,(H,12,14). The SMILES string of the molecule is CN(C)S(=O)(=O)CCNC(=O)c1ccc(S)cc1. The molecule has 0 unspecified atom stereocenters. The Morgan fingerprint density at radius 1 is 1.28 bits per heavy atom. The summed E-state index contributed by atoms with van der Waals surface area (Å²) >= 11 is 4.11.